The van der Waals surface area contributed by atoms with Crippen LogP contribution < -0.4 is 5.32 Å². The third-order valence-corrected chi connectivity index (χ3v) is 15.3. The molecule has 4 rings (SSSR count). The number of esters is 1. The number of nitrogens with one attached hydrogen (secondary N) is 1. The molecular formula is C55H86N2O15. The van der Waals surface area contributed by atoms with Crippen molar-refractivity contribution in [3.05, 3.63) is 47.6 Å². The smallest absolute Gasteiger partial charge is 0.407 e. The molecule has 3 fully saturated rings. The molecule has 3 heterocycles. The summed E-state index contributed by atoms with van der Waals surface area (Å²) in [6.45, 7) is 13.3. The molecule has 3 aliphatic heterocycles. The number of rotatable bonds is 10. The molecule has 17 nitrogen and oxygen atoms in total. The van der Waals surface area contributed by atoms with E-state index in [1.165, 1.54) is 19.1 Å². The highest BCUT2D eigenvalue weighted by Gasteiger charge is 2.53. The summed E-state index contributed by atoms with van der Waals surface area (Å²) in [4.78, 5) is 84.9. The van der Waals surface area contributed by atoms with Gasteiger partial charge in [0.1, 0.15) is 36.2 Å². The number of aliphatic hydroxyl groups is 2. The number of ether oxygens (including phenoxy) is 7. The van der Waals surface area contributed by atoms with Crippen LogP contribution in [0.3, 0.4) is 0 Å². The van der Waals surface area contributed by atoms with Crippen LogP contribution in [0.1, 0.15) is 126 Å². The molecule has 0 spiro atoms. The first-order valence-corrected chi connectivity index (χ1v) is 26.1. The van der Waals surface area contributed by atoms with Crippen LogP contribution in [0.2, 0.25) is 0 Å². The van der Waals surface area contributed by atoms with Gasteiger partial charge in [-0.1, -0.05) is 71.1 Å². The number of Topliss-reactive ketones (excluding diaryl/α,β-unsaturated/α-hetero) is 3. The number of nitrogens with zero attached hydrogens (tertiary/aromatic N) is 1. The van der Waals surface area contributed by atoms with E-state index in [2.05, 4.69) is 5.32 Å². The monoisotopic (exact) mass is 1010 g/mol. The van der Waals surface area contributed by atoms with Crippen molar-refractivity contribution in [3.8, 4) is 0 Å². The predicted molar refractivity (Wildman–Crippen MR) is 269 cm³/mol. The van der Waals surface area contributed by atoms with Crippen molar-refractivity contribution >= 4 is 35.3 Å². The van der Waals surface area contributed by atoms with Gasteiger partial charge in [0.15, 0.2) is 5.78 Å². The zero-order chi connectivity index (χ0) is 53.3. The quantitative estimate of drug-likeness (QED) is 0.0913. The average Bonchev–Trinajstić information content (AvgIpc) is 3.35. The summed E-state index contributed by atoms with van der Waals surface area (Å²) in [7, 11) is 6.04. The molecule has 72 heavy (non-hydrogen) atoms. The van der Waals surface area contributed by atoms with Crippen molar-refractivity contribution in [2.45, 2.75) is 180 Å². The molecule has 3 N–H and O–H groups in total. The minimum absolute atomic E-state index is 0.00442. The van der Waals surface area contributed by atoms with Crippen molar-refractivity contribution in [3.63, 3.8) is 0 Å². The van der Waals surface area contributed by atoms with Crippen LogP contribution in [-0.2, 0) is 57.1 Å². The van der Waals surface area contributed by atoms with Crippen LogP contribution in [0.25, 0.3) is 0 Å². The Morgan fingerprint density at radius 1 is 0.875 bits per heavy atom. The first-order valence-electron chi connectivity index (χ1n) is 26.1. The normalized spacial score (nSPS) is 37.5. The summed E-state index contributed by atoms with van der Waals surface area (Å²) in [5, 5.41) is 26.2. The number of cyclic esters (lactones) is 1. The fraction of sp³-hybridized carbons (Fsp3) is 0.745. The van der Waals surface area contributed by atoms with Crippen LogP contribution in [-0.4, -0.2) is 153 Å². The van der Waals surface area contributed by atoms with Crippen LogP contribution in [0.4, 0.5) is 4.79 Å². The molecule has 406 valence electrons. The number of amides is 2. The molecule has 1 aliphatic carbocycles. The lowest BCUT2D eigenvalue weighted by molar-refractivity contribution is -0.265. The Bertz CT molecular complexity index is 1950. The van der Waals surface area contributed by atoms with E-state index in [1.54, 1.807) is 41.1 Å². The van der Waals surface area contributed by atoms with E-state index in [0.29, 0.717) is 82.9 Å². The Morgan fingerprint density at radius 2 is 1.61 bits per heavy atom. The fourth-order valence-corrected chi connectivity index (χ4v) is 10.7. The summed E-state index contributed by atoms with van der Waals surface area (Å²) in [6, 6.07) is -1.17. The molecule has 0 radical (unpaired) electrons. The van der Waals surface area contributed by atoms with E-state index in [9.17, 15) is 39.0 Å². The Morgan fingerprint density at radius 3 is 2.29 bits per heavy atom. The van der Waals surface area contributed by atoms with E-state index < -0.39 is 102 Å². The topological polar surface area (TPSA) is 223 Å². The molecule has 9 unspecified atom stereocenters. The maximum atomic E-state index is 14.5. The van der Waals surface area contributed by atoms with Crippen molar-refractivity contribution in [2.24, 2.45) is 35.5 Å². The van der Waals surface area contributed by atoms with Crippen molar-refractivity contribution in [1.29, 1.82) is 0 Å². The zero-order valence-electron chi connectivity index (χ0n) is 44.8. The van der Waals surface area contributed by atoms with Gasteiger partial charge >= 0.3 is 12.1 Å². The number of ketones is 3. The summed E-state index contributed by atoms with van der Waals surface area (Å²) < 4.78 is 40.5. The van der Waals surface area contributed by atoms with Gasteiger partial charge in [0, 0.05) is 72.1 Å². The van der Waals surface area contributed by atoms with Crippen LogP contribution in [0.15, 0.2) is 47.6 Å². The van der Waals surface area contributed by atoms with Crippen molar-refractivity contribution in [2.75, 3.05) is 48.1 Å². The summed E-state index contributed by atoms with van der Waals surface area (Å²) in [5.41, 5.74) is 1.24. The van der Waals surface area contributed by atoms with E-state index in [1.807, 2.05) is 58.1 Å². The summed E-state index contributed by atoms with van der Waals surface area (Å²) >= 11 is 0. The van der Waals surface area contributed by atoms with Crippen molar-refractivity contribution < 1.29 is 72.1 Å². The molecular weight excluding hydrogens is 929 g/mol. The molecule has 17 heteroatoms. The van der Waals surface area contributed by atoms with Crippen LogP contribution in [0, 0.1) is 35.5 Å². The summed E-state index contributed by atoms with van der Waals surface area (Å²) in [5.74, 6) is -8.31. The van der Waals surface area contributed by atoms with Gasteiger partial charge in [-0.3, -0.25) is 19.2 Å². The first-order chi connectivity index (χ1) is 34.2. The summed E-state index contributed by atoms with van der Waals surface area (Å²) in [6.07, 6.45) is 10.1. The van der Waals surface area contributed by atoms with Gasteiger partial charge in [0.05, 0.1) is 24.9 Å². The standard InChI is InChI=1S/C55H86N2O15/c1-33-17-13-12-14-18-34(2)45(67-9)31-41-22-20-39(7)55(65,72-41)51(61)52(62)57-25-16-15-19-42(57)53(63)70-46(32-43(58)35(3)28-38(6)49(60)50(69-11)48(59)37(5)27-33)36(4)29-40-21-23-44(47(30-40)68-10)71-54(64)56-24-26-66-8/h12-14,17-18,28,33,35-37,39-42,44-47,49-50,60,65H,15-16,19-27,29-32H2,1-11H3,(H,56,64)/b14-12+,17-13+,34-18+,38-28+/t33?,35?,36?,37-,39-,40?,41?,42+,44-,45?,46?,47?,49-,50?,55-/m1/s1. The maximum Gasteiger partial charge on any atom is 0.407 e. The Labute approximate surface area is 427 Å². The third kappa shape index (κ3) is 16.7. The molecule has 2 saturated heterocycles. The average molecular weight is 1020 g/mol. The molecule has 15 atom stereocenters. The lowest BCUT2D eigenvalue weighted by atomic mass is 9.78. The minimum Gasteiger partial charge on any atom is -0.460 e. The van der Waals surface area contributed by atoms with Crippen LogP contribution in [0.5, 0.6) is 0 Å². The molecule has 4 aliphatic rings. The number of piperidine rings is 1. The number of hydrogen-bond donors (Lipinski definition) is 3. The molecule has 1 saturated carbocycles. The van der Waals surface area contributed by atoms with Gasteiger partial charge in [0.2, 0.25) is 5.79 Å². The highest BCUT2D eigenvalue weighted by Crippen LogP contribution is 2.38. The van der Waals surface area contributed by atoms with E-state index >= 15 is 0 Å². The second-order valence-corrected chi connectivity index (χ2v) is 20.9. The Kier molecular flexibility index (Phi) is 24.4. The Hall–Kier alpha value is -4.10. The number of methoxy groups -OCH3 is 4. The highest BCUT2D eigenvalue weighted by molar-refractivity contribution is 6.39. The number of carbonyl (C=O) groups excluding carboxylic acids is 6. The zero-order valence-corrected chi connectivity index (χ0v) is 44.8. The number of carbonyl (C=O) groups is 6. The lowest BCUT2D eigenvalue weighted by Crippen LogP contribution is -2.61. The van der Waals surface area contributed by atoms with Gasteiger partial charge in [-0.15, -0.1) is 0 Å². The SMILES string of the molecule is COCCNC(=O)O[C@@H]1CCC(CC(C)C2CC(=O)C(C)/C=C(\C)[C@@H](O)C(OC)C(=O)[C@H](C)CC(C)/C=C/C=C/C=C(\C)C(OC)CC3CC[C@@H](C)[C@@](O)(O3)C(=O)C(=O)N3CCCC[C@H]3C(=O)O2)CC1OC. The van der Waals surface area contributed by atoms with Gasteiger partial charge in [0.25, 0.3) is 11.7 Å². The molecule has 0 aromatic rings. The minimum atomic E-state index is -2.45. The number of allylic oxidation sites excluding steroid dienone is 6. The molecule has 0 aromatic heterocycles. The number of hydrogen-bond acceptors (Lipinski definition) is 15. The predicted octanol–water partition coefficient (Wildman–Crippen LogP) is 6.56. The fourth-order valence-electron chi connectivity index (χ4n) is 10.7. The van der Waals surface area contributed by atoms with Crippen LogP contribution >= 0.6 is 0 Å². The number of alkyl carbamates (subject to hydrolysis) is 1. The third-order valence-electron chi connectivity index (χ3n) is 15.3. The van der Waals surface area contributed by atoms with E-state index in [0.717, 1.165) is 5.57 Å². The second kappa shape index (κ2) is 29.1. The molecule has 2 bridgehead atoms. The van der Waals surface area contributed by atoms with Gasteiger partial charge in [-0.25, -0.2) is 9.59 Å². The first kappa shape index (κ1) is 60.5. The molecule has 0 aromatic carbocycles. The highest BCUT2D eigenvalue weighted by atomic mass is 16.6. The van der Waals surface area contributed by atoms with E-state index in [-0.39, 0.29) is 42.8 Å². The van der Waals surface area contributed by atoms with Gasteiger partial charge in [-0.05, 0) is 107 Å². The number of fused-ring (bicyclic) bond motifs is 3. The van der Waals surface area contributed by atoms with E-state index in [4.69, 9.17) is 33.2 Å². The Balaban J connectivity index is 1.68. The van der Waals surface area contributed by atoms with Gasteiger partial charge < -0.3 is 53.6 Å². The lowest BCUT2D eigenvalue weighted by Gasteiger charge is -2.42. The second-order valence-electron chi connectivity index (χ2n) is 20.9. The molecule has 2 amide bonds. The number of aliphatic hydroxyl groups excluding tert-OH is 1. The maximum absolute atomic E-state index is 14.5. The largest absolute Gasteiger partial charge is 0.460 e. The van der Waals surface area contributed by atoms with Gasteiger partial charge in [-0.2, -0.15) is 0 Å². The van der Waals surface area contributed by atoms with Crippen molar-refractivity contribution in [1.82, 2.24) is 10.2 Å².